The Morgan fingerprint density at radius 1 is 1.05 bits per heavy atom. The van der Waals surface area contributed by atoms with E-state index in [-0.39, 0.29) is 11.9 Å². The van der Waals surface area contributed by atoms with E-state index in [1.54, 1.807) is 0 Å². The van der Waals surface area contributed by atoms with Crippen LogP contribution in [0, 0.1) is 19.7 Å². The Hall–Kier alpha value is -1.87. The quantitative estimate of drug-likeness (QED) is 0.905. The molecule has 0 fully saturated rings. The fourth-order valence-electron chi connectivity index (χ4n) is 2.25. The monoisotopic (exact) mass is 287 g/mol. The SMILES string of the molecule is Cc1ccc(COc2cc(F)cc(CC(C)N)c2)cc1C. The third kappa shape index (κ3) is 4.57. The van der Waals surface area contributed by atoms with E-state index in [1.807, 2.05) is 19.1 Å². The Bertz CT molecular complexity index is 623. The van der Waals surface area contributed by atoms with E-state index in [1.165, 1.54) is 23.3 Å². The third-order valence-corrected chi connectivity index (χ3v) is 3.47. The van der Waals surface area contributed by atoms with Gasteiger partial charge in [-0.1, -0.05) is 18.2 Å². The van der Waals surface area contributed by atoms with E-state index < -0.39 is 0 Å². The Morgan fingerprint density at radius 3 is 2.48 bits per heavy atom. The molecule has 2 aromatic rings. The average Bonchev–Trinajstić information content (AvgIpc) is 2.39. The topological polar surface area (TPSA) is 35.2 Å². The molecule has 2 aromatic carbocycles. The molecule has 0 bridgehead atoms. The summed E-state index contributed by atoms with van der Waals surface area (Å²) in [4.78, 5) is 0. The van der Waals surface area contributed by atoms with Gasteiger partial charge in [0.2, 0.25) is 0 Å². The summed E-state index contributed by atoms with van der Waals surface area (Å²) in [6, 6.07) is 11.0. The van der Waals surface area contributed by atoms with Crippen LogP contribution in [0.2, 0.25) is 0 Å². The summed E-state index contributed by atoms with van der Waals surface area (Å²) in [7, 11) is 0. The zero-order valence-corrected chi connectivity index (χ0v) is 12.8. The summed E-state index contributed by atoms with van der Waals surface area (Å²) in [5, 5.41) is 0. The molecule has 3 heteroatoms. The molecule has 0 radical (unpaired) electrons. The van der Waals surface area contributed by atoms with Crippen LogP contribution in [-0.4, -0.2) is 6.04 Å². The maximum absolute atomic E-state index is 13.6. The molecule has 0 aliphatic carbocycles. The normalized spacial score (nSPS) is 12.2. The summed E-state index contributed by atoms with van der Waals surface area (Å²) < 4.78 is 19.3. The zero-order chi connectivity index (χ0) is 15.4. The lowest BCUT2D eigenvalue weighted by atomic mass is 10.1. The molecule has 0 aromatic heterocycles. The van der Waals surface area contributed by atoms with Crippen LogP contribution in [0.4, 0.5) is 4.39 Å². The first-order valence-electron chi connectivity index (χ1n) is 7.18. The Balaban J connectivity index is 2.08. The molecule has 112 valence electrons. The first-order valence-corrected chi connectivity index (χ1v) is 7.18. The van der Waals surface area contributed by atoms with Crippen LogP contribution < -0.4 is 10.5 Å². The molecule has 0 heterocycles. The molecule has 0 spiro atoms. The van der Waals surface area contributed by atoms with Gasteiger partial charge in [-0.2, -0.15) is 0 Å². The van der Waals surface area contributed by atoms with Gasteiger partial charge in [0, 0.05) is 12.1 Å². The first-order chi connectivity index (χ1) is 9.94. The minimum absolute atomic E-state index is 0.000557. The maximum atomic E-state index is 13.6. The lowest BCUT2D eigenvalue weighted by Crippen LogP contribution is -2.17. The predicted octanol–water partition coefficient (Wildman–Crippen LogP) is 3.91. The van der Waals surface area contributed by atoms with E-state index in [4.69, 9.17) is 10.5 Å². The van der Waals surface area contributed by atoms with E-state index in [2.05, 4.69) is 26.0 Å². The van der Waals surface area contributed by atoms with Crippen molar-refractivity contribution in [2.75, 3.05) is 0 Å². The number of ether oxygens (including phenoxy) is 1. The zero-order valence-electron chi connectivity index (χ0n) is 12.8. The van der Waals surface area contributed by atoms with Gasteiger partial charge in [0.25, 0.3) is 0 Å². The second-order valence-electron chi connectivity index (χ2n) is 5.68. The van der Waals surface area contributed by atoms with Crippen molar-refractivity contribution in [1.29, 1.82) is 0 Å². The standard InChI is InChI=1S/C18H22FNO/c1-12-4-5-15(6-13(12)2)11-21-18-9-16(7-14(3)20)8-17(19)10-18/h4-6,8-10,14H,7,11,20H2,1-3H3. The predicted molar refractivity (Wildman–Crippen MR) is 84.0 cm³/mol. The van der Waals surface area contributed by atoms with Crippen LogP contribution in [0.5, 0.6) is 5.75 Å². The second kappa shape index (κ2) is 6.72. The van der Waals surface area contributed by atoms with Crippen molar-refractivity contribution in [3.63, 3.8) is 0 Å². The van der Waals surface area contributed by atoms with Crippen molar-refractivity contribution in [2.45, 2.75) is 39.8 Å². The molecule has 0 saturated carbocycles. The number of hydrogen-bond acceptors (Lipinski definition) is 2. The van der Waals surface area contributed by atoms with Gasteiger partial charge in [-0.15, -0.1) is 0 Å². The van der Waals surface area contributed by atoms with Crippen LogP contribution in [0.3, 0.4) is 0 Å². The van der Waals surface area contributed by atoms with Crippen LogP contribution in [0.15, 0.2) is 36.4 Å². The lowest BCUT2D eigenvalue weighted by molar-refractivity contribution is 0.304. The highest BCUT2D eigenvalue weighted by molar-refractivity contribution is 5.32. The molecule has 0 amide bonds. The molecule has 2 N–H and O–H groups in total. The number of nitrogens with two attached hydrogens (primary N) is 1. The van der Waals surface area contributed by atoms with Crippen molar-refractivity contribution in [2.24, 2.45) is 5.73 Å². The number of rotatable bonds is 5. The molecule has 0 saturated heterocycles. The maximum Gasteiger partial charge on any atom is 0.127 e. The molecule has 0 aliphatic heterocycles. The van der Waals surface area contributed by atoms with E-state index in [9.17, 15) is 4.39 Å². The van der Waals surface area contributed by atoms with Gasteiger partial charge in [-0.05, 0) is 61.6 Å². The van der Waals surface area contributed by atoms with Gasteiger partial charge in [0.15, 0.2) is 0 Å². The van der Waals surface area contributed by atoms with E-state index in [0.29, 0.717) is 18.8 Å². The lowest BCUT2D eigenvalue weighted by Gasteiger charge is -2.11. The highest BCUT2D eigenvalue weighted by Crippen LogP contribution is 2.19. The van der Waals surface area contributed by atoms with Gasteiger partial charge in [-0.25, -0.2) is 4.39 Å². The second-order valence-corrected chi connectivity index (χ2v) is 5.68. The Labute approximate surface area is 125 Å². The van der Waals surface area contributed by atoms with Gasteiger partial charge in [-0.3, -0.25) is 0 Å². The summed E-state index contributed by atoms with van der Waals surface area (Å²) >= 11 is 0. The Morgan fingerprint density at radius 2 is 1.81 bits per heavy atom. The van der Waals surface area contributed by atoms with Gasteiger partial charge < -0.3 is 10.5 Å². The van der Waals surface area contributed by atoms with E-state index in [0.717, 1.165) is 11.1 Å². The highest BCUT2D eigenvalue weighted by Gasteiger charge is 2.05. The fourth-order valence-corrected chi connectivity index (χ4v) is 2.25. The summed E-state index contributed by atoms with van der Waals surface area (Å²) in [5.74, 6) is 0.257. The van der Waals surface area contributed by atoms with Gasteiger partial charge >= 0.3 is 0 Å². The largest absolute Gasteiger partial charge is 0.489 e. The van der Waals surface area contributed by atoms with Crippen LogP contribution in [0.1, 0.15) is 29.2 Å². The molecule has 2 rings (SSSR count). The molecule has 1 atom stereocenters. The molecular formula is C18H22FNO. The molecular weight excluding hydrogens is 265 g/mol. The minimum atomic E-state index is -0.289. The van der Waals surface area contributed by atoms with Crippen molar-refractivity contribution >= 4 is 0 Å². The van der Waals surface area contributed by atoms with Crippen molar-refractivity contribution in [3.05, 3.63) is 64.5 Å². The third-order valence-electron chi connectivity index (χ3n) is 3.47. The fraction of sp³-hybridized carbons (Fsp3) is 0.333. The highest BCUT2D eigenvalue weighted by atomic mass is 19.1. The first kappa shape index (κ1) is 15.5. The number of benzene rings is 2. The minimum Gasteiger partial charge on any atom is -0.489 e. The summed E-state index contributed by atoms with van der Waals surface area (Å²) in [5.41, 5.74) is 10.2. The average molecular weight is 287 g/mol. The number of halogens is 1. The van der Waals surface area contributed by atoms with Crippen molar-refractivity contribution in [1.82, 2.24) is 0 Å². The van der Waals surface area contributed by atoms with Crippen LogP contribution in [-0.2, 0) is 13.0 Å². The molecule has 1 unspecified atom stereocenters. The summed E-state index contributed by atoms with van der Waals surface area (Å²) in [6.07, 6.45) is 0.637. The molecule has 0 aliphatic rings. The Kier molecular flexibility index (Phi) is 4.97. The van der Waals surface area contributed by atoms with Crippen LogP contribution in [0.25, 0.3) is 0 Å². The van der Waals surface area contributed by atoms with Crippen molar-refractivity contribution in [3.8, 4) is 5.75 Å². The summed E-state index contributed by atoms with van der Waals surface area (Å²) in [6.45, 7) is 6.48. The van der Waals surface area contributed by atoms with Gasteiger partial charge in [0.05, 0.1) is 0 Å². The number of aryl methyl sites for hydroxylation is 2. The number of hydrogen-bond donors (Lipinski definition) is 1. The van der Waals surface area contributed by atoms with Crippen LogP contribution >= 0.6 is 0 Å². The molecule has 21 heavy (non-hydrogen) atoms. The van der Waals surface area contributed by atoms with E-state index >= 15 is 0 Å². The molecule has 2 nitrogen and oxygen atoms in total. The van der Waals surface area contributed by atoms with Crippen molar-refractivity contribution < 1.29 is 9.13 Å². The smallest absolute Gasteiger partial charge is 0.127 e. The van der Waals surface area contributed by atoms with Gasteiger partial charge in [0.1, 0.15) is 18.2 Å².